The fourth-order valence-electron chi connectivity index (χ4n) is 6.72. The molecule has 1 saturated carbocycles. The molecule has 0 unspecified atom stereocenters. The molecule has 6 heteroatoms. The van der Waals surface area contributed by atoms with Crippen LogP contribution in [0.4, 0.5) is 5.69 Å². The molecule has 1 aliphatic carbocycles. The van der Waals surface area contributed by atoms with E-state index in [1.54, 1.807) is 12.1 Å². The maximum atomic E-state index is 13.6. The highest BCUT2D eigenvalue weighted by molar-refractivity contribution is 6.15. The molecule has 0 radical (unpaired) electrons. The van der Waals surface area contributed by atoms with Crippen LogP contribution in [0.15, 0.2) is 43.0 Å². The van der Waals surface area contributed by atoms with Gasteiger partial charge in [0.1, 0.15) is 16.9 Å². The topological polar surface area (TPSA) is 75.7 Å². The maximum absolute atomic E-state index is 13.6. The molecule has 2 fully saturated rings. The third-order valence-corrected chi connectivity index (χ3v) is 7.59. The number of hydrogen-bond acceptors (Lipinski definition) is 5. The number of carbonyl (C=O) groups is 3. The standard InChI is InChI=1S/C23H24N2O4/c1-4-21-8-5-10-25-11-9-22(19(21)25)17-12-16(29-15(3)27)6-7-18(17)24-20(28)23(22,13-21)14(2)26/h4-8,12,19H,1,9-11,13H2,2-3H3,(H,24,28)/t19-,21-,22+,23-/m0/s1. The molecule has 1 amide bonds. The Morgan fingerprint density at radius 3 is 2.83 bits per heavy atom. The Bertz CT molecular complexity index is 1010. The van der Waals surface area contributed by atoms with Gasteiger partial charge in [-0.3, -0.25) is 19.3 Å². The zero-order chi connectivity index (χ0) is 20.6. The molecule has 29 heavy (non-hydrogen) atoms. The van der Waals surface area contributed by atoms with Crippen LogP contribution in [0.25, 0.3) is 0 Å². The number of esters is 1. The van der Waals surface area contributed by atoms with E-state index in [0.29, 0.717) is 24.3 Å². The van der Waals surface area contributed by atoms with Gasteiger partial charge in [-0.05, 0) is 50.1 Å². The predicted octanol–water partition coefficient (Wildman–Crippen LogP) is 2.60. The van der Waals surface area contributed by atoms with Crippen LogP contribution in [0.3, 0.4) is 0 Å². The summed E-state index contributed by atoms with van der Waals surface area (Å²) in [6, 6.07) is 5.26. The number of nitrogens with zero attached hydrogens (tertiary/aromatic N) is 1. The van der Waals surface area contributed by atoms with Crippen molar-refractivity contribution in [2.24, 2.45) is 10.8 Å². The Morgan fingerprint density at radius 2 is 2.14 bits per heavy atom. The van der Waals surface area contributed by atoms with E-state index in [1.165, 1.54) is 13.8 Å². The van der Waals surface area contributed by atoms with Crippen molar-refractivity contribution in [2.75, 3.05) is 18.4 Å². The third kappa shape index (κ3) is 1.97. The molecular formula is C23H24N2O4. The SMILES string of the molecule is C=C[C@]12C=CCN3CC[C@@]4(c5cc(OC(C)=O)ccc5NC(=O)[C@@]4(C(C)=O)C1)[C@@H]32. The molecule has 1 aromatic carbocycles. The molecule has 1 N–H and O–H groups in total. The van der Waals surface area contributed by atoms with Gasteiger partial charge in [0.05, 0.1) is 0 Å². The number of hydrogen-bond donors (Lipinski definition) is 1. The quantitative estimate of drug-likeness (QED) is 0.370. The number of Topliss-reactive ketones (excluding diaryl/α,β-unsaturated/α-hetero) is 1. The summed E-state index contributed by atoms with van der Waals surface area (Å²) in [4.78, 5) is 40.7. The van der Waals surface area contributed by atoms with E-state index in [0.717, 1.165) is 18.7 Å². The Kier molecular flexibility index (Phi) is 3.57. The molecule has 150 valence electrons. The first-order chi connectivity index (χ1) is 13.8. The van der Waals surface area contributed by atoms with E-state index in [9.17, 15) is 14.4 Å². The molecule has 4 aliphatic rings. The van der Waals surface area contributed by atoms with Crippen LogP contribution in [0, 0.1) is 10.8 Å². The van der Waals surface area contributed by atoms with Crippen LogP contribution in [0.1, 0.15) is 32.3 Å². The molecule has 0 bridgehead atoms. The van der Waals surface area contributed by atoms with Crippen molar-refractivity contribution in [3.8, 4) is 5.75 Å². The van der Waals surface area contributed by atoms with Crippen molar-refractivity contribution < 1.29 is 19.1 Å². The smallest absolute Gasteiger partial charge is 0.308 e. The van der Waals surface area contributed by atoms with Crippen molar-refractivity contribution in [3.63, 3.8) is 0 Å². The lowest BCUT2D eigenvalue weighted by Gasteiger charge is -2.49. The van der Waals surface area contributed by atoms with Gasteiger partial charge in [-0.15, -0.1) is 6.58 Å². The van der Waals surface area contributed by atoms with Gasteiger partial charge in [0.15, 0.2) is 0 Å². The van der Waals surface area contributed by atoms with Gasteiger partial charge in [-0.1, -0.05) is 18.2 Å². The van der Waals surface area contributed by atoms with Gasteiger partial charge >= 0.3 is 5.97 Å². The predicted molar refractivity (Wildman–Crippen MR) is 108 cm³/mol. The lowest BCUT2D eigenvalue weighted by atomic mass is 9.56. The maximum Gasteiger partial charge on any atom is 0.308 e. The fourth-order valence-corrected chi connectivity index (χ4v) is 6.72. The van der Waals surface area contributed by atoms with Gasteiger partial charge in [0.25, 0.3) is 0 Å². The molecular weight excluding hydrogens is 368 g/mol. The Hall–Kier alpha value is -2.73. The summed E-state index contributed by atoms with van der Waals surface area (Å²) in [6.07, 6.45) is 7.27. The monoisotopic (exact) mass is 392 g/mol. The van der Waals surface area contributed by atoms with Crippen LogP contribution in [0.5, 0.6) is 5.75 Å². The van der Waals surface area contributed by atoms with E-state index < -0.39 is 22.2 Å². The Labute approximate surface area is 169 Å². The molecule has 1 spiro atoms. The van der Waals surface area contributed by atoms with Crippen molar-refractivity contribution >= 4 is 23.3 Å². The highest BCUT2D eigenvalue weighted by Gasteiger charge is 2.78. The molecule has 0 aromatic heterocycles. The summed E-state index contributed by atoms with van der Waals surface area (Å²) in [5, 5.41) is 2.99. The summed E-state index contributed by atoms with van der Waals surface area (Å²) in [6.45, 7) is 8.58. The van der Waals surface area contributed by atoms with Gasteiger partial charge in [0.2, 0.25) is 5.91 Å². The Balaban J connectivity index is 1.84. The number of rotatable bonds is 3. The highest BCUT2D eigenvalue weighted by atomic mass is 16.5. The first-order valence-electron chi connectivity index (χ1n) is 10.0. The number of ketones is 1. The molecule has 3 heterocycles. The van der Waals surface area contributed by atoms with Crippen LogP contribution in [-0.4, -0.2) is 41.7 Å². The fraction of sp³-hybridized carbons (Fsp3) is 0.435. The van der Waals surface area contributed by atoms with Gasteiger partial charge in [-0.25, -0.2) is 0 Å². The minimum absolute atomic E-state index is 0.0428. The van der Waals surface area contributed by atoms with E-state index in [4.69, 9.17) is 4.74 Å². The minimum atomic E-state index is -1.18. The molecule has 1 saturated heterocycles. The second-order valence-electron chi connectivity index (χ2n) is 8.73. The number of fused-ring (bicyclic) bond motifs is 1. The number of anilines is 1. The summed E-state index contributed by atoms with van der Waals surface area (Å²) in [5.74, 6) is -0.325. The zero-order valence-corrected chi connectivity index (χ0v) is 16.7. The second kappa shape index (κ2) is 5.66. The second-order valence-corrected chi connectivity index (χ2v) is 8.73. The number of ether oxygens (including phenoxy) is 1. The van der Waals surface area contributed by atoms with Crippen molar-refractivity contribution in [3.05, 3.63) is 48.6 Å². The number of amides is 1. The molecule has 5 rings (SSSR count). The van der Waals surface area contributed by atoms with Crippen LogP contribution >= 0.6 is 0 Å². The average Bonchev–Trinajstić information content (AvgIpc) is 3.20. The van der Waals surface area contributed by atoms with Crippen molar-refractivity contribution in [1.29, 1.82) is 0 Å². The lowest BCUT2D eigenvalue weighted by Crippen LogP contribution is -2.60. The number of carbonyl (C=O) groups excluding carboxylic acids is 3. The Morgan fingerprint density at radius 1 is 1.34 bits per heavy atom. The molecule has 1 aromatic rings. The van der Waals surface area contributed by atoms with Crippen molar-refractivity contribution in [2.45, 2.75) is 38.1 Å². The molecule has 3 aliphatic heterocycles. The molecule has 6 nitrogen and oxygen atoms in total. The van der Waals surface area contributed by atoms with E-state index in [2.05, 4.69) is 28.9 Å². The molecule has 4 atom stereocenters. The van der Waals surface area contributed by atoms with E-state index in [-0.39, 0.29) is 17.7 Å². The summed E-state index contributed by atoms with van der Waals surface area (Å²) in [7, 11) is 0. The van der Waals surface area contributed by atoms with Crippen LogP contribution in [0.2, 0.25) is 0 Å². The summed E-state index contributed by atoms with van der Waals surface area (Å²) >= 11 is 0. The van der Waals surface area contributed by atoms with E-state index in [1.807, 2.05) is 12.1 Å². The van der Waals surface area contributed by atoms with Crippen LogP contribution in [-0.2, 0) is 19.8 Å². The van der Waals surface area contributed by atoms with Gasteiger partial charge in [0, 0.05) is 36.0 Å². The van der Waals surface area contributed by atoms with Crippen LogP contribution < -0.4 is 10.1 Å². The zero-order valence-electron chi connectivity index (χ0n) is 16.7. The normalized spacial score (nSPS) is 36.6. The first kappa shape index (κ1) is 18.3. The number of benzene rings is 1. The number of nitrogens with one attached hydrogen (secondary N) is 1. The lowest BCUT2D eigenvalue weighted by molar-refractivity contribution is -0.143. The summed E-state index contributed by atoms with van der Waals surface area (Å²) < 4.78 is 5.36. The first-order valence-corrected chi connectivity index (χ1v) is 10.0. The van der Waals surface area contributed by atoms with E-state index >= 15 is 0 Å². The summed E-state index contributed by atoms with van der Waals surface area (Å²) in [5.41, 5.74) is -0.754. The van der Waals surface area contributed by atoms with Gasteiger partial charge in [-0.2, -0.15) is 0 Å². The minimum Gasteiger partial charge on any atom is -0.427 e. The highest BCUT2D eigenvalue weighted by Crippen LogP contribution is 2.71. The van der Waals surface area contributed by atoms with Gasteiger partial charge < -0.3 is 10.1 Å². The van der Waals surface area contributed by atoms with Crippen molar-refractivity contribution in [1.82, 2.24) is 4.90 Å². The largest absolute Gasteiger partial charge is 0.427 e. The average molecular weight is 392 g/mol. The third-order valence-electron chi connectivity index (χ3n) is 7.59.